The molecule has 14 heteroatoms. The monoisotopic (exact) mass is 698 g/mol. The molecule has 9 nitrogen and oxygen atoms in total. The van der Waals surface area contributed by atoms with Crippen LogP contribution in [-0.2, 0) is 24.4 Å². The molecule has 0 radical (unpaired) electrons. The van der Waals surface area contributed by atoms with Gasteiger partial charge in [0.25, 0.3) is 0 Å². The van der Waals surface area contributed by atoms with E-state index in [0.717, 1.165) is 4.57 Å². The van der Waals surface area contributed by atoms with Gasteiger partial charge in [0.1, 0.15) is 23.6 Å². The van der Waals surface area contributed by atoms with Gasteiger partial charge in [0.15, 0.2) is 5.82 Å². The fourth-order valence-electron chi connectivity index (χ4n) is 5.83. The highest BCUT2D eigenvalue weighted by molar-refractivity contribution is 6.33. The zero-order valence-electron chi connectivity index (χ0n) is 25.9. The van der Waals surface area contributed by atoms with E-state index in [2.05, 4.69) is 10.2 Å². The average molecular weight is 700 g/mol. The molecule has 0 bridgehead atoms. The molecular weight excluding hydrogens is 665 g/mol. The van der Waals surface area contributed by atoms with E-state index in [-0.39, 0.29) is 47.2 Å². The van der Waals surface area contributed by atoms with E-state index < -0.39 is 29.0 Å². The van der Waals surface area contributed by atoms with Gasteiger partial charge in [-0.1, -0.05) is 35.3 Å². The number of nitrogens with zero attached hydrogens (tertiary/aromatic N) is 4. The van der Waals surface area contributed by atoms with Crippen LogP contribution in [0.1, 0.15) is 88.4 Å². The number of aromatic nitrogens is 3. The summed E-state index contributed by atoms with van der Waals surface area (Å²) in [6.45, 7) is 8.47. The van der Waals surface area contributed by atoms with Crippen molar-refractivity contribution in [2.45, 2.75) is 76.6 Å². The van der Waals surface area contributed by atoms with Crippen LogP contribution in [-0.4, -0.2) is 56.8 Å². The van der Waals surface area contributed by atoms with Crippen molar-refractivity contribution in [2.24, 2.45) is 5.92 Å². The molecule has 2 atom stereocenters. The molecule has 1 fully saturated rings. The number of likely N-dealkylation sites (tertiary alicyclic amines) is 1. The van der Waals surface area contributed by atoms with Crippen molar-refractivity contribution < 1.29 is 32.6 Å². The Balaban J connectivity index is 1.47. The fourth-order valence-corrected chi connectivity index (χ4v) is 6.42. The van der Waals surface area contributed by atoms with Gasteiger partial charge in [-0.25, -0.2) is 0 Å². The lowest BCUT2D eigenvalue weighted by Crippen LogP contribution is -2.40. The Bertz CT molecular complexity index is 1600. The Morgan fingerprint density at radius 1 is 1.04 bits per heavy atom. The fraction of sp³-hybridized carbons (Fsp3) is 0.500. The van der Waals surface area contributed by atoms with Crippen molar-refractivity contribution in [3.8, 4) is 11.4 Å². The van der Waals surface area contributed by atoms with Gasteiger partial charge in [-0.15, -0.1) is 10.2 Å². The van der Waals surface area contributed by atoms with Crippen LogP contribution in [0, 0.1) is 5.92 Å². The molecule has 0 saturated carbocycles. The number of hydrogen-bond acceptors (Lipinski definition) is 7. The molecule has 1 aromatic heterocycles. The molecule has 0 aliphatic carbocycles. The molecule has 2 aliphatic heterocycles. The maximum atomic E-state index is 14.7. The number of alkyl halides is 3. The summed E-state index contributed by atoms with van der Waals surface area (Å²) in [5.41, 5.74) is 0.552. The van der Waals surface area contributed by atoms with Gasteiger partial charge in [0.2, 0.25) is 11.7 Å². The Morgan fingerprint density at radius 3 is 2.41 bits per heavy atom. The van der Waals surface area contributed by atoms with Crippen molar-refractivity contribution in [1.29, 1.82) is 0 Å². The predicted molar refractivity (Wildman–Crippen MR) is 169 cm³/mol. The second-order valence-corrected chi connectivity index (χ2v) is 13.6. The van der Waals surface area contributed by atoms with Crippen molar-refractivity contribution in [3.05, 3.63) is 69.2 Å². The van der Waals surface area contributed by atoms with Gasteiger partial charge >= 0.3 is 11.4 Å². The molecule has 3 aromatic rings. The lowest BCUT2D eigenvalue weighted by Gasteiger charge is -2.33. The highest BCUT2D eigenvalue weighted by Gasteiger charge is 2.43. The summed E-state index contributed by atoms with van der Waals surface area (Å²) in [5.74, 6) is -0.905. The maximum Gasteiger partial charge on any atom is 0.382 e. The summed E-state index contributed by atoms with van der Waals surface area (Å²) in [6.07, 6.45) is -0.825. The van der Waals surface area contributed by atoms with E-state index >= 15 is 0 Å². The summed E-state index contributed by atoms with van der Waals surface area (Å²) >= 11 is 18.7. The number of piperidine rings is 1. The smallest absolute Gasteiger partial charge is 0.382 e. The lowest BCUT2D eigenvalue weighted by molar-refractivity contribution is -0.156. The van der Waals surface area contributed by atoms with Gasteiger partial charge < -0.3 is 19.1 Å². The minimum atomic E-state index is -3.89. The van der Waals surface area contributed by atoms with E-state index in [1.165, 1.54) is 0 Å². The largest absolute Gasteiger partial charge is 0.492 e. The molecular formula is C32H35Cl3F2N4O5. The second-order valence-electron chi connectivity index (χ2n) is 12.3. The highest BCUT2D eigenvalue weighted by atomic mass is 35.5. The van der Waals surface area contributed by atoms with Crippen LogP contribution in [0.3, 0.4) is 0 Å². The summed E-state index contributed by atoms with van der Waals surface area (Å²) in [6, 6.07) is 9.86. The van der Waals surface area contributed by atoms with Gasteiger partial charge in [-0.05, 0) is 82.3 Å². The third kappa shape index (κ3) is 7.59. The molecule has 2 aliphatic rings. The molecule has 0 spiro atoms. The number of rotatable bonds is 8. The van der Waals surface area contributed by atoms with Crippen molar-refractivity contribution in [1.82, 2.24) is 19.7 Å². The zero-order chi connectivity index (χ0) is 33.4. The summed E-state index contributed by atoms with van der Waals surface area (Å²) in [7, 11) is 0. The average Bonchev–Trinajstić information content (AvgIpc) is 3.37. The standard InChI is InChI=1S/C32H35Cl3F2N4O5/c1-5-44-23-8-6-7-20(27(23)34)28-21-16-19(33)9-10-22(21)41-29(38-39-30(41)32(35,36)37)24(45-28)17-25(42)40-13-11-18(12-14-40)15-26(43)46-31(2,3)4/h6-10,16,18,24,28H,5,11-15,17H2,1-4H3/t24-,28-/m1/s1. The number of esters is 1. The predicted octanol–water partition coefficient (Wildman–Crippen LogP) is 7.78. The quantitative estimate of drug-likeness (QED) is 0.175. The van der Waals surface area contributed by atoms with Crippen LogP contribution in [0.15, 0.2) is 36.4 Å². The van der Waals surface area contributed by atoms with Crippen molar-refractivity contribution >= 4 is 46.7 Å². The van der Waals surface area contributed by atoms with E-state index in [1.54, 1.807) is 41.3 Å². The highest BCUT2D eigenvalue weighted by Crippen LogP contribution is 2.47. The van der Waals surface area contributed by atoms with E-state index in [9.17, 15) is 18.4 Å². The number of benzene rings is 2. The van der Waals surface area contributed by atoms with Crippen LogP contribution in [0.4, 0.5) is 8.78 Å². The Hall–Kier alpha value is -2.99. The van der Waals surface area contributed by atoms with Crippen LogP contribution in [0.25, 0.3) is 5.69 Å². The number of fused-ring (bicyclic) bond motifs is 3. The third-order valence-electron chi connectivity index (χ3n) is 7.82. The van der Waals surface area contributed by atoms with E-state index in [4.69, 9.17) is 49.0 Å². The van der Waals surface area contributed by atoms with Gasteiger partial charge in [-0.3, -0.25) is 14.2 Å². The molecule has 3 heterocycles. The Morgan fingerprint density at radius 2 is 1.76 bits per heavy atom. The van der Waals surface area contributed by atoms with Gasteiger partial charge in [0, 0.05) is 35.7 Å². The molecule has 1 saturated heterocycles. The van der Waals surface area contributed by atoms with Gasteiger partial charge in [-0.2, -0.15) is 8.78 Å². The summed E-state index contributed by atoms with van der Waals surface area (Å²) in [5, 5.41) is 4.48. The molecule has 248 valence electrons. The summed E-state index contributed by atoms with van der Waals surface area (Å²) < 4.78 is 48.4. The van der Waals surface area contributed by atoms with Crippen LogP contribution in [0.2, 0.25) is 10.0 Å². The maximum absolute atomic E-state index is 14.7. The number of amides is 1. The number of halogens is 5. The molecule has 46 heavy (non-hydrogen) atoms. The van der Waals surface area contributed by atoms with E-state index in [0.29, 0.717) is 54.4 Å². The minimum absolute atomic E-state index is 0.0216. The number of carbonyl (C=O) groups excluding carboxylic acids is 2. The Kier molecular flexibility index (Phi) is 10.2. The van der Waals surface area contributed by atoms with Gasteiger partial charge in [0.05, 0.1) is 23.7 Å². The van der Waals surface area contributed by atoms with Crippen LogP contribution < -0.4 is 4.74 Å². The third-order valence-corrected chi connectivity index (χ3v) is 8.63. The first-order valence-electron chi connectivity index (χ1n) is 15.0. The SMILES string of the molecule is CCOc1cccc([C@H]2O[C@H](CC(=O)N3CCC(CC(=O)OC(C)(C)C)CC3)c3nnc(C(F)(F)Cl)n3-c3ccc(Cl)cc32)c1Cl. The topological polar surface area (TPSA) is 95.8 Å². The molecule has 2 aromatic carbocycles. The van der Waals surface area contributed by atoms with Crippen molar-refractivity contribution in [3.63, 3.8) is 0 Å². The van der Waals surface area contributed by atoms with Crippen LogP contribution >= 0.6 is 34.8 Å². The minimum Gasteiger partial charge on any atom is -0.492 e. The first-order valence-corrected chi connectivity index (χ1v) is 16.2. The molecule has 5 rings (SSSR count). The molecule has 0 N–H and O–H groups in total. The summed E-state index contributed by atoms with van der Waals surface area (Å²) in [4.78, 5) is 27.8. The first kappa shape index (κ1) is 34.3. The van der Waals surface area contributed by atoms with Crippen molar-refractivity contribution in [2.75, 3.05) is 19.7 Å². The van der Waals surface area contributed by atoms with E-state index in [1.807, 2.05) is 27.7 Å². The number of carbonyl (C=O) groups is 2. The molecule has 1 amide bonds. The molecule has 0 unspecified atom stereocenters. The normalized spacial score (nSPS) is 18.8. The van der Waals surface area contributed by atoms with Crippen LogP contribution in [0.5, 0.6) is 5.75 Å². The first-order chi connectivity index (χ1) is 21.7. The number of ether oxygens (including phenoxy) is 3. The Labute approximate surface area is 281 Å². The second kappa shape index (κ2) is 13.6. The zero-order valence-corrected chi connectivity index (χ0v) is 28.1. The number of hydrogen-bond donors (Lipinski definition) is 0. The lowest BCUT2D eigenvalue weighted by atomic mass is 9.93.